The van der Waals surface area contributed by atoms with Crippen LogP contribution in [0.1, 0.15) is 41.2 Å². The third-order valence-corrected chi connectivity index (χ3v) is 9.11. The predicted octanol–water partition coefficient (Wildman–Crippen LogP) is 0.304. The van der Waals surface area contributed by atoms with Crippen molar-refractivity contribution in [2.45, 2.75) is 45.6 Å². The average molecular weight is 648 g/mol. The normalized spacial score (nSPS) is 16.9. The molecule has 2 amide bonds. The maximum Gasteiger partial charge on any atom is 0.405 e. The van der Waals surface area contributed by atoms with E-state index < -0.39 is 57.3 Å². The third-order valence-electron chi connectivity index (χ3n) is 7.82. The summed E-state index contributed by atoms with van der Waals surface area (Å²) in [7, 11) is -3.95. The largest absolute Gasteiger partial charge is 0.465 e. The first kappa shape index (κ1) is 32.0. The molecule has 0 aliphatic carbocycles. The van der Waals surface area contributed by atoms with Gasteiger partial charge in [-0.3, -0.25) is 9.59 Å². The van der Waals surface area contributed by atoms with E-state index in [1.807, 2.05) is 5.32 Å². The molecule has 0 bridgehead atoms. The summed E-state index contributed by atoms with van der Waals surface area (Å²) in [5.41, 5.74) is -0.246. The fourth-order valence-electron chi connectivity index (χ4n) is 5.34. The molecule has 0 fully saturated rings. The second-order valence-corrected chi connectivity index (χ2v) is 12.5. The number of carbonyl (C=O) groups is 3. The average Bonchev–Trinajstić information content (AvgIpc) is 3.35. The van der Waals surface area contributed by atoms with E-state index in [0.717, 1.165) is 0 Å². The molecule has 1 atom stereocenters. The number of pyridine rings is 2. The highest BCUT2D eigenvalue weighted by Gasteiger charge is 2.45. The molecule has 2 aromatic heterocycles. The van der Waals surface area contributed by atoms with Crippen molar-refractivity contribution in [3.05, 3.63) is 62.2 Å². The van der Waals surface area contributed by atoms with Crippen LogP contribution in [-0.4, -0.2) is 71.8 Å². The third kappa shape index (κ3) is 6.11. The molecular weight excluding hydrogens is 617 g/mol. The Bertz CT molecular complexity index is 1910. The van der Waals surface area contributed by atoms with E-state index in [1.165, 1.54) is 16.7 Å². The Morgan fingerprint density at radius 1 is 1.20 bits per heavy atom. The Morgan fingerprint density at radius 3 is 2.67 bits per heavy atom. The molecule has 0 unspecified atom stereocenters. The summed E-state index contributed by atoms with van der Waals surface area (Å²) in [6.07, 6.45) is -1.42. The maximum absolute atomic E-state index is 14.7. The van der Waals surface area contributed by atoms with Crippen molar-refractivity contribution in [1.82, 2.24) is 24.9 Å². The molecule has 0 saturated carbocycles. The molecular formula is C28H30FN5O10S. The minimum Gasteiger partial charge on any atom is -0.465 e. The van der Waals surface area contributed by atoms with Crippen LogP contribution in [0.2, 0.25) is 0 Å². The SMILES string of the molecule is CC[C@@]1(O)C(=O)OCc2c1cc1n(c2=O)Cc2c-1nc1cc(F)c(C)cc1c2CNS(=O)(=O)CCOCNC(=O)CNC(=O)O. The van der Waals surface area contributed by atoms with E-state index in [9.17, 15) is 37.1 Å². The van der Waals surface area contributed by atoms with Gasteiger partial charge in [0.25, 0.3) is 5.56 Å². The van der Waals surface area contributed by atoms with Gasteiger partial charge in [0.15, 0.2) is 5.60 Å². The lowest BCUT2D eigenvalue weighted by molar-refractivity contribution is -0.172. The van der Waals surface area contributed by atoms with Crippen LogP contribution in [0.25, 0.3) is 22.3 Å². The van der Waals surface area contributed by atoms with Gasteiger partial charge in [-0.25, -0.2) is 32.1 Å². The molecule has 2 aliphatic heterocycles. The molecule has 240 valence electrons. The van der Waals surface area contributed by atoms with Crippen molar-refractivity contribution in [3.63, 3.8) is 0 Å². The van der Waals surface area contributed by atoms with Crippen molar-refractivity contribution >= 4 is 38.9 Å². The second kappa shape index (κ2) is 12.2. The highest BCUT2D eigenvalue weighted by atomic mass is 32.2. The van der Waals surface area contributed by atoms with Gasteiger partial charge < -0.3 is 34.9 Å². The van der Waals surface area contributed by atoms with Gasteiger partial charge in [-0.15, -0.1) is 0 Å². The van der Waals surface area contributed by atoms with E-state index in [4.69, 9.17) is 14.6 Å². The highest BCUT2D eigenvalue weighted by Crippen LogP contribution is 2.40. The Labute approximate surface area is 255 Å². The number of rotatable bonds is 11. The number of aromatic nitrogens is 2. The van der Waals surface area contributed by atoms with E-state index in [-0.39, 0.29) is 67.5 Å². The standard InChI is InChI=1S/C28H30FN5O10S/c1-3-28(40)19-7-22-24-17(11-34(22)25(36)18(19)12-44-26(28)37)16(15-6-14(2)20(29)8-21(15)33-24)9-32-45(41,42)5-4-43-13-31-23(35)10-30-27(38)39/h6-8,30,32,40H,3-5,9-13H2,1-2H3,(H,31,35)(H,38,39)/t28-/m0/s1. The first-order valence-electron chi connectivity index (χ1n) is 13.8. The number of nitrogens with zero attached hydrogens (tertiary/aromatic N) is 2. The van der Waals surface area contributed by atoms with E-state index >= 15 is 0 Å². The number of sulfonamides is 1. The summed E-state index contributed by atoms with van der Waals surface area (Å²) >= 11 is 0. The van der Waals surface area contributed by atoms with Crippen LogP contribution >= 0.6 is 0 Å². The van der Waals surface area contributed by atoms with Gasteiger partial charge in [0.1, 0.15) is 25.7 Å². The second-order valence-electron chi connectivity index (χ2n) is 10.6. The summed E-state index contributed by atoms with van der Waals surface area (Å²) < 4.78 is 54.5. The molecule has 1 aromatic carbocycles. The van der Waals surface area contributed by atoms with E-state index in [2.05, 4.69) is 15.0 Å². The molecule has 3 aromatic rings. The number of aliphatic hydroxyl groups is 1. The number of cyclic esters (lactones) is 1. The van der Waals surface area contributed by atoms with Crippen LogP contribution in [0.15, 0.2) is 23.0 Å². The Balaban J connectivity index is 1.42. The van der Waals surface area contributed by atoms with Crippen LogP contribution in [0.4, 0.5) is 9.18 Å². The number of carbonyl (C=O) groups excluding carboxylic acids is 2. The van der Waals surface area contributed by atoms with Crippen LogP contribution in [0.3, 0.4) is 0 Å². The van der Waals surface area contributed by atoms with Crippen LogP contribution in [0.5, 0.6) is 0 Å². The van der Waals surface area contributed by atoms with Crippen molar-refractivity contribution in [2.75, 3.05) is 25.6 Å². The topological polar surface area (TPSA) is 215 Å². The number of amides is 2. The van der Waals surface area contributed by atoms with Crippen LogP contribution in [0, 0.1) is 12.7 Å². The summed E-state index contributed by atoms with van der Waals surface area (Å²) in [6.45, 7) is 1.45. The number of esters is 1. The number of ether oxygens (including phenoxy) is 2. The molecule has 0 saturated heterocycles. The molecule has 4 heterocycles. The number of hydrogen-bond acceptors (Lipinski definition) is 10. The highest BCUT2D eigenvalue weighted by molar-refractivity contribution is 7.89. The molecule has 17 heteroatoms. The lowest BCUT2D eigenvalue weighted by Gasteiger charge is -2.31. The van der Waals surface area contributed by atoms with Crippen molar-refractivity contribution in [3.8, 4) is 11.4 Å². The fraction of sp³-hybridized carbons (Fsp3) is 0.393. The van der Waals surface area contributed by atoms with Gasteiger partial charge in [0.2, 0.25) is 15.9 Å². The number of fused-ring (bicyclic) bond motifs is 5. The first-order chi connectivity index (χ1) is 21.3. The van der Waals surface area contributed by atoms with Gasteiger partial charge >= 0.3 is 12.1 Å². The molecule has 5 rings (SSSR count). The Kier molecular flexibility index (Phi) is 8.63. The zero-order chi connectivity index (χ0) is 32.7. The zero-order valence-corrected chi connectivity index (χ0v) is 25.0. The minimum absolute atomic E-state index is 0.00521. The summed E-state index contributed by atoms with van der Waals surface area (Å²) in [5.74, 6) is -2.55. The van der Waals surface area contributed by atoms with Gasteiger partial charge in [0.05, 0.1) is 41.4 Å². The molecule has 45 heavy (non-hydrogen) atoms. The predicted molar refractivity (Wildman–Crippen MR) is 155 cm³/mol. The molecule has 0 radical (unpaired) electrons. The molecule has 0 spiro atoms. The monoisotopic (exact) mass is 647 g/mol. The van der Waals surface area contributed by atoms with Crippen molar-refractivity contribution in [2.24, 2.45) is 0 Å². The van der Waals surface area contributed by atoms with E-state index in [0.29, 0.717) is 22.1 Å². The number of benzene rings is 1. The fourth-order valence-corrected chi connectivity index (χ4v) is 6.18. The lowest BCUT2D eigenvalue weighted by Crippen LogP contribution is -2.44. The van der Waals surface area contributed by atoms with Crippen LogP contribution in [-0.2, 0) is 54.4 Å². The number of halogens is 1. The molecule has 2 aliphatic rings. The number of aryl methyl sites for hydroxylation is 1. The lowest BCUT2D eigenvalue weighted by atomic mass is 9.86. The Hall–Kier alpha value is -4.45. The van der Waals surface area contributed by atoms with E-state index in [1.54, 1.807) is 19.9 Å². The maximum atomic E-state index is 14.7. The number of nitrogens with one attached hydrogen (secondary N) is 3. The zero-order valence-electron chi connectivity index (χ0n) is 24.2. The van der Waals surface area contributed by atoms with Gasteiger partial charge in [0, 0.05) is 29.1 Å². The van der Waals surface area contributed by atoms with Crippen molar-refractivity contribution < 1.29 is 46.9 Å². The molecule has 5 N–H and O–H groups in total. The smallest absolute Gasteiger partial charge is 0.405 e. The van der Waals surface area contributed by atoms with Gasteiger partial charge in [-0.1, -0.05) is 6.92 Å². The number of hydrogen-bond donors (Lipinski definition) is 5. The summed E-state index contributed by atoms with van der Waals surface area (Å²) in [6, 6.07) is 4.28. The van der Waals surface area contributed by atoms with Crippen molar-refractivity contribution in [1.29, 1.82) is 0 Å². The summed E-state index contributed by atoms with van der Waals surface area (Å²) in [4.78, 5) is 52.7. The quantitative estimate of drug-likeness (QED) is 0.0848. The summed E-state index contributed by atoms with van der Waals surface area (Å²) in [5, 5.41) is 24.3. The minimum atomic E-state index is -3.95. The molecule has 15 nitrogen and oxygen atoms in total. The van der Waals surface area contributed by atoms with Gasteiger partial charge in [-0.05, 0) is 36.6 Å². The van der Waals surface area contributed by atoms with Crippen LogP contribution < -0.4 is 20.9 Å². The Morgan fingerprint density at radius 2 is 1.96 bits per heavy atom. The first-order valence-corrected chi connectivity index (χ1v) is 15.5. The van der Waals surface area contributed by atoms with Gasteiger partial charge in [-0.2, -0.15) is 0 Å². The number of carboxylic acid groups (broad SMARTS) is 1.